The SMILES string of the molecule is NCC#Cc1cc(F)ccc1S(=O)(=O)N1CCC(CO)C1. The fourth-order valence-corrected chi connectivity index (χ4v) is 3.93. The highest BCUT2D eigenvalue weighted by Gasteiger charge is 2.33. The van der Waals surface area contributed by atoms with Crippen LogP contribution in [0.5, 0.6) is 0 Å². The van der Waals surface area contributed by atoms with E-state index >= 15 is 0 Å². The second kappa shape index (κ2) is 6.54. The van der Waals surface area contributed by atoms with Gasteiger partial charge < -0.3 is 10.8 Å². The van der Waals surface area contributed by atoms with E-state index in [4.69, 9.17) is 10.8 Å². The van der Waals surface area contributed by atoms with Gasteiger partial charge in [0.15, 0.2) is 0 Å². The van der Waals surface area contributed by atoms with Crippen LogP contribution in [0.25, 0.3) is 0 Å². The van der Waals surface area contributed by atoms with Gasteiger partial charge in [-0.25, -0.2) is 12.8 Å². The van der Waals surface area contributed by atoms with Crippen LogP contribution >= 0.6 is 0 Å². The smallest absolute Gasteiger partial charge is 0.244 e. The Morgan fingerprint density at radius 1 is 1.48 bits per heavy atom. The van der Waals surface area contributed by atoms with Gasteiger partial charge in [-0.2, -0.15) is 4.31 Å². The Labute approximate surface area is 123 Å². The van der Waals surface area contributed by atoms with Crippen LogP contribution < -0.4 is 5.73 Å². The molecular weight excluding hydrogens is 295 g/mol. The first-order chi connectivity index (χ1) is 9.98. The number of aliphatic hydroxyl groups excluding tert-OH is 1. The molecule has 0 aromatic heterocycles. The third-order valence-electron chi connectivity index (χ3n) is 3.39. The van der Waals surface area contributed by atoms with Gasteiger partial charge in [0.1, 0.15) is 5.82 Å². The lowest BCUT2D eigenvalue weighted by atomic mass is 10.1. The van der Waals surface area contributed by atoms with E-state index in [9.17, 15) is 12.8 Å². The third kappa shape index (κ3) is 3.41. The van der Waals surface area contributed by atoms with Crippen LogP contribution in [0.15, 0.2) is 23.1 Å². The Bertz CT molecular complexity index is 679. The zero-order valence-electron chi connectivity index (χ0n) is 11.4. The van der Waals surface area contributed by atoms with Crippen LogP contribution in [0.3, 0.4) is 0 Å². The van der Waals surface area contributed by atoms with Gasteiger partial charge in [-0.1, -0.05) is 11.8 Å². The van der Waals surface area contributed by atoms with Gasteiger partial charge in [0.25, 0.3) is 0 Å². The second-order valence-electron chi connectivity index (χ2n) is 4.85. The van der Waals surface area contributed by atoms with Gasteiger partial charge >= 0.3 is 0 Å². The summed E-state index contributed by atoms with van der Waals surface area (Å²) >= 11 is 0. The van der Waals surface area contributed by atoms with Gasteiger partial charge in [-0.3, -0.25) is 0 Å². The summed E-state index contributed by atoms with van der Waals surface area (Å²) in [5, 5.41) is 9.12. The molecule has 1 heterocycles. The maximum Gasteiger partial charge on any atom is 0.244 e. The molecular formula is C14H17FN2O3S. The molecule has 1 unspecified atom stereocenters. The molecule has 0 radical (unpaired) electrons. The zero-order chi connectivity index (χ0) is 15.5. The molecule has 3 N–H and O–H groups in total. The summed E-state index contributed by atoms with van der Waals surface area (Å²) < 4.78 is 39.8. The van der Waals surface area contributed by atoms with Crippen LogP contribution in [0.2, 0.25) is 0 Å². The minimum absolute atomic E-state index is 0.0246. The van der Waals surface area contributed by atoms with Crippen molar-refractivity contribution in [2.24, 2.45) is 11.7 Å². The molecule has 114 valence electrons. The predicted molar refractivity (Wildman–Crippen MR) is 76.3 cm³/mol. The van der Waals surface area contributed by atoms with Crippen LogP contribution in [-0.2, 0) is 10.0 Å². The number of rotatable bonds is 3. The maximum absolute atomic E-state index is 13.3. The Morgan fingerprint density at radius 3 is 2.86 bits per heavy atom. The van der Waals surface area contributed by atoms with E-state index in [0.29, 0.717) is 13.0 Å². The zero-order valence-corrected chi connectivity index (χ0v) is 12.2. The fraction of sp³-hybridized carbons (Fsp3) is 0.429. The van der Waals surface area contributed by atoms with Crippen molar-refractivity contribution in [2.75, 3.05) is 26.2 Å². The molecule has 0 spiro atoms. The number of hydrogen-bond donors (Lipinski definition) is 2. The second-order valence-corrected chi connectivity index (χ2v) is 6.75. The fourth-order valence-electron chi connectivity index (χ4n) is 2.27. The quantitative estimate of drug-likeness (QED) is 0.778. The molecule has 2 rings (SSSR count). The summed E-state index contributed by atoms with van der Waals surface area (Å²) in [6.45, 7) is 0.621. The Balaban J connectivity index is 2.40. The number of aliphatic hydroxyl groups is 1. The molecule has 0 bridgehead atoms. The Kier molecular flexibility index (Phi) is 4.96. The van der Waals surface area contributed by atoms with Crippen molar-refractivity contribution in [3.05, 3.63) is 29.6 Å². The lowest BCUT2D eigenvalue weighted by molar-refractivity contribution is 0.233. The molecule has 7 heteroatoms. The molecule has 1 fully saturated rings. The molecule has 1 aliphatic rings. The minimum atomic E-state index is -3.75. The summed E-state index contributed by atoms with van der Waals surface area (Å²) in [6.07, 6.45) is 0.612. The van der Waals surface area contributed by atoms with E-state index in [1.54, 1.807) is 0 Å². The average Bonchev–Trinajstić information content (AvgIpc) is 2.94. The van der Waals surface area contributed by atoms with Gasteiger partial charge in [-0.05, 0) is 30.5 Å². The Hall–Kier alpha value is -1.46. The van der Waals surface area contributed by atoms with Gasteiger partial charge in [0.05, 0.1) is 11.4 Å². The van der Waals surface area contributed by atoms with Gasteiger partial charge in [0, 0.05) is 25.3 Å². The first kappa shape index (κ1) is 15.9. The van der Waals surface area contributed by atoms with E-state index in [1.807, 2.05) is 0 Å². The predicted octanol–water partition coefficient (Wildman–Crippen LogP) is 0.139. The number of halogens is 1. The average molecular weight is 312 g/mol. The molecule has 5 nitrogen and oxygen atoms in total. The van der Waals surface area contributed by atoms with Crippen LogP contribution in [-0.4, -0.2) is 44.1 Å². The summed E-state index contributed by atoms with van der Waals surface area (Å²) in [4.78, 5) is -0.0246. The van der Waals surface area contributed by atoms with Crippen molar-refractivity contribution in [2.45, 2.75) is 11.3 Å². The molecule has 0 saturated carbocycles. The van der Waals surface area contributed by atoms with Gasteiger partial charge in [0.2, 0.25) is 10.0 Å². The van der Waals surface area contributed by atoms with Crippen LogP contribution in [0, 0.1) is 23.6 Å². The molecule has 1 aliphatic heterocycles. The highest BCUT2D eigenvalue weighted by Crippen LogP contribution is 2.26. The van der Waals surface area contributed by atoms with E-state index in [0.717, 1.165) is 12.1 Å². The standard InChI is InChI=1S/C14H17FN2O3S/c15-13-3-4-14(12(8-13)2-1-6-16)21(19,20)17-7-5-11(9-17)10-18/h3-4,8,11,18H,5-7,9-10,16H2. The van der Waals surface area contributed by atoms with Crippen LogP contribution in [0.4, 0.5) is 4.39 Å². The third-order valence-corrected chi connectivity index (χ3v) is 5.31. The molecule has 1 aromatic rings. The highest BCUT2D eigenvalue weighted by molar-refractivity contribution is 7.89. The number of hydrogen-bond acceptors (Lipinski definition) is 4. The summed E-state index contributed by atoms with van der Waals surface area (Å²) in [5.74, 6) is 4.53. The van der Waals surface area contributed by atoms with E-state index in [-0.39, 0.29) is 36.1 Å². The summed E-state index contributed by atoms with van der Waals surface area (Å²) in [7, 11) is -3.75. The van der Waals surface area contributed by atoms with Crippen molar-refractivity contribution in [1.82, 2.24) is 4.31 Å². The van der Waals surface area contributed by atoms with E-state index < -0.39 is 15.8 Å². The molecule has 1 aromatic carbocycles. The molecule has 1 saturated heterocycles. The van der Waals surface area contributed by atoms with Crippen molar-refractivity contribution in [3.8, 4) is 11.8 Å². The maximum atomic E-state index is 13.3. The number of nitrogens with zero attached hydrogens (tertiary/aromatic N) is 1. The van der Waals surface area contributed by atoms with E-state index in [2.05, 4.69) is 11.8 Å². The first-order valence-corrected chi connectivity index (χ1v) is 8.02. The van der Waals surface area contributed by atoms with Crippen molar-refractivity contribution in [3.63, 3.8) is 0 Å². The molecule has 1 atom stereocenters. The van der Waals surface area contributed by atoms with Crippen LogP contribution in [0.1, 0.15) is 12.0 Å². The van der Waals surface area contributed by atoms with E-state index in [1.165, 1.54) is 10.4 Å². The minimum Gasteiger partial charge on any atom is -0.396 e. The van der Waals surface area contributed by atoms with Gasteiger partial charge in [-0.15, -0.1) is 0 Å². The van der Waals surface area contributed by atoms with Crippen molar-refractivity contribution < 1.29 is 17.9 Å². The number of nitrogens with two attached hydrogens (primary N) is 1. The number of sulfonamides is 1. The monoisotopic (exact) mass is 312 g/mol. The molecule has 0 amide bonds. The highest BCUT2D eigenvalue weighted by atomic mass is 32.2. The Morgan fingerprint density at radius 2 is 2.24 bits per heavy atom. The lowest BCUT2D eigenvalue weighted by Gasteiger charge is -2.17. The largest absolute Gasteiger partial charge is 0.396 e. The molecule has 0 aliphatic carbocycles. The molecule has 21 heavy (non-hydrogen) atoms. The summed E-state index contributed by atoms with van der Waals surface area (Å²) in [6, 6.07) is 3.41. The lowest BCUT2D eigenvalue weighted by Crippen LogP contribution is -2.30. The summed E-state index contributed by atoms with van der Waals surface area (Å²) in [5.41, 5.74) is 5.38. The van der Waals surface area contributed by atoms with Crippen molar-refractivity contribution in [1.29, 1.82) is 0 Å². The normalized spacial score (nSPS) is 19.3. The number of benzene rings is 1. The topological polar surface area (TPSA) is 83.6 Å². The van der Waals surface area contributed by atoms with Crippen molar-refractivity contribution >= 4 is 10.0 Å². The first-order valence-electron chi connectivity index (χ1n) is 6.58.